The lowest BCUT2D eigenvalue weighted by molar-refractivity contribution is 0.137. The Balaban J connectivity index is 2.21. The fourth-order valence-corrected chi connectivity index (χ4v) is 3.78. The highest BCUT2D eigenvalue weighted by Gasteiger charge is 2.39. The van der Waals surface area contributed by atoms with Gasteiger partial charge in [-0.15, -0.1) is 0 Å². The summed E-state index contributed by atoms with van der Waals surface area (Å²) in [4.78, 5) is 0. The Kier molecular flexibility index (Phi) is 3.53. The molecule has 0 aromatic carbocycles. The predicted molar refractivity (Wildman–Crippen MR) is 65.6 cm³/mol. The number of hydrogen-bond donors (Lipinski definition) is 0. The number of hydrogen-bond acceptors (Lipinski definition) is 0. The first kappa shape index (κ1) is 11.2. The highest BCUT2D eigenvalue weighted by atomic mass is 14.4. The predicted octanol–water partition coefficient (Wildman–Crippen LogP) is 4.90. The molecule has 2 aliphatic carbocycles. The van der Waals surface area contributed by atoms with Crippen LogP contribution in [0.1, 0.15) is 71.6 Å². The lowest BCUT2D eigenvalue weighted by atomic mass is 9.60. The van der Waals surface area contributed by atoms with Gasteiger partial charge in [0.15, 0.2) is 0 Å². The van der Waals surface area contributed by atoms with Crippen LogP contribution in [0.4, 0.5) is 0 Å². The highest BCUT2D eigenvalue weighted by molar-refractivity contribution is 5.16. The topological polar surface area (TPSA) is 0 Å². The third-order valence-corrected chi connectivity index (χ3v) is 4.88. The molecule has 85 valence electrons. The van der Waals surface area contributed by atoms with Crippen molar-refractivity contribution >= 4 is 0 Å². The van der Waals surface area contributed by atoms with Crippen molar-refractivity contribution in [3.8, 4) is 0 Å². The Bertz CT molecular complexity index is 238. The average molecular weight is 205 g/mol. The van der Waals surface area contributed by atoms with E-state index in [4.69, 9.17) is 0 Å². The van der Waals surface area contributed by atoms with Gasteiger partial charge in [-0.2, -0.15) is 0 Å². The Morgan fingerprint density at radius 2 is 2.13 bits per heavy atom. The van der Waals surface area contributed by atoms with Crippen molar-refractivity contribution in [2.75, 3.05) is 0 Å². The molecule has 0 nitrogen and oxygen atoms in total. The van der Waals surface area contributed by atoms with Crippen molar-refractivity contribution in [3.05, 3.63) is 11.6 Å². The Morgan fingerprint density at radius 3 is 2.73 bits per heavy atom. The summed E-state index contributed by atoms with van der Waals surface area (Å²) in [5, 5.41) is 0. The maximum Gasteiger partial charge on any atom is -0.00592 e. The van der Waals surface area contributed by atoms with Crippen LogP contribution in [0.25, 0.3) is 0 Å². The summed E-state index contributed by atoms with van der Waals surface area (Å²) in [5.41, 5.74) is 2.27. The molecule has 0 amide bonds. The molecule has 0 aromatic heterocycles. The monoisotopic (exact) mass is 205 g/mol. The smallest absolute Gasteiger partial charge is 0.00592 e. The summed E-state index contributed by atoms with van der Waals surface area (Å²) in [7, 11) is 0. The molecule has 0 heterocycles. The molecule has 0 saturated heterocycles. The molecule has 1 fully saturated rings. The molecule has 0 bridgehead atoms. The third kappa shape index (κ3) is 2.00. The van der Waals surface area contributed by atoms with E-state index in [1.165, 1.54) is 57.8 Å². The molecular formula is C15H25. The van der Waals surface area contributed by atoms with Crippen LogP contribution >= 0.6 is 0 Å². The van der Waals surface area contributed by atoms with E-state index >= 15 is 0 Å². The lowest BCUT2D eigenvalue weighted by Gasteiger charge is -2.45. The van der Waals surface area contributed by atoms with Gasteiger partial charge in [-0.05, 0) is 62.4 Å². The normalized spacial score (nSPS) is 37.5. The van der Waals surface area contributed by atoms with Crippen molar-refractivity contribution in [3.63, 3.8) is 0 Å². The second-order valence-electron chi connectivity index (χ2n) is 5.52. The SMILES string of the molecule is CCC1(C2=[C]CCCC2)CCCCC1C. The van der Waals surface area contributed by atoms with Crippen molar-refractivity contribution < 1.29 is 0 Å². The summed E-state index contributed by atoms with van der Waals surface area (Å²) in [6, 6.07) is 0. The third-order valence-electron chi connectivity index (χ3n) is 4.88. The van der Waals surface area contributed by atoms with Crippen LogP contribution < -0.4 is 0 Å². The maximum atomic E-state index is 3.73. The summed E-state index contributed by atoms with van der Waals surface area (Å²) in [6.45, 7) is 4.87. The Hall–Kier alpha value is -0.260. The summed E-state index contributed by atoms with van der Waals surface area (Å²) < 4.78 is 0. The largest absolute Gasteiger partial charge is 0.0645 e. The van der Waals surface area contributed by atoms with E-state index in [0.717, 1.165) is 5.92 Å². The molecular weight excluding hydrogens is 180 g/mol. The second-order valence-corrected chi connectivity index (χ2v) is 5.52. The van der Waals surface area contributed by atoms with Crippen molar-refractivity contribution in [1.82, 2.24) is 0 Å². The fourth-order valence-electron chi connectivity index (χ4n) is 3.78. The minimum absolute atomic E-state index is 0.554. The van der Waals surface area contributed by atoms with Gasteiger partial charge in [-0.1, -0.05) is 32.3 Å². The van der Waals surface area contributed by atoms with Gasteiger partial charge in [0.2, 0.25) is 0 Å². The van der Waals surface area contributed by atoms with Gasteiger partial charge in [0.25, 0.3) is 0 Å². The van der Waals surface area contributed by atoms with Crippen LogP contribution in [-0.4, -0.2) is 0 Å². The van der Waals surface area contributed by atoms with Gasteiger partial charge < -0.3 is 0 Å². The van der Waals surface area contributed by atoms with Crippen molar-refractivity contribution in [2.45, 2.75) is 71.6 Å². The van der Waals surface area contributed by atoms with E-state index in [1.807, 2.05) is 0 Å². The average Bonchev–Trinajstić information content (AvgIpc) is 2.31. The van der Waals surface area contributed by atoms with Gasteiger partial charge in [0.05, 0.1) is 0 Å². The van der Waals surface area contributed by atoms with Gasteiger partial charge in [0.1, 0.15) is 0 Å². The molecule has 0 spiro atoms. The number of allylic oxidation sites excluding steroid dienone is 2. The van der Waals surface area contributed by atoms with Crippen LogP contribution in [0.3, 0.4) is 0 Å². The molecule has 1 saturated carbocycles. The van der Waals surface area contributed by atoms with Crippen LogP contribution in [0.15, 0.2) is 5.57 Å². The molecule has 0 aliphatic heterocycles. The first-order valence-corrected chi connectivity index (χ1v) is 6.90. The summed E-state index contributed by atoms with van der Waals surface area (Å²) >= 11 is 0. The second kappa shape index (κ2) is 4.72. The maximum absolute atomic E-state index is 3.73. The minimum Gasteiger partial charge on any atom is -0.0645 e. The molecule has 0 heteroatoms. The van der Waals surface area contributed by atoms with Gasteiger partial charge in [-0.25, -0.2) is 0 Å². The Labute approximate surface area is 95.1 Å². The first-order chi connectivity index (χ1) is 7.29. The molecule has 2 atom stereocenters. The zero-order valence-corrected chi connectivity index (χ0v) is 10.4. The van der Waals surface area contributed by atoms with Crippen molar-refractivity contribution in [2.24, 2.45) is 11.3 Å². The fraction of sp³-hybridized carbons (Fsp3) is 0.867. The molecule has 2 aliphatic rings. The minimum atomic E-state index is 0.554. The van der Waals surface area contributed by atoms with Crippen LogP contribution in [0.2, 0.25) is 0 Å². The van der Waals surface area contributed by atoms with Gasteiger partial charge in [-0.3, -0.25) is 0 Å². The van der Waals surface area contributed by atoms with Crippen LogP contribution in [-0.2, 0) is 0 Å². The number of rotatable bonds is 2. The van der Waals surface area contributed by atoms with Crippen LogP contribution in [0.5, 0.6) is 0 Å². The molecule has 2 rings (SSSR count). The van der Waals surface area contributed by atoms with Gasteiger partial charge in [0, 0.05) is 0 Å². The van der Waals surface area contributed by atoms with E-state index in [9.17, 15) is 0 Å². The van der Waals surface area contributed by atoms with Crippen LogP contribution in [0, 0.1) is 17.4 Å². The molecule has 15 heavy (non-hydrogen) atoms. The zero-order chi connectivity index (χ0) is 10.7. The van der Waals surface area contributed by atoms with Gasteiger partial charge >= 0.3 is 0 Å². The molecule has 1 radical (unpaired) electrons. The highest BCUT2D eigenvalue weighted by Crippen LogP contribution is 2.51. The summed E-state index contributed by atoms with van der Waals surface area (Å²) in [5.74, 6) is 0.900. The van der Waals surface area contributed by atoms with E-state index in [-0.39, 0.29) is 0 Å². The zero-order valence-electron chi connectivity index (χ0n) is 10.4. The standard InChI is InChI=1S/C15H25/c1-3-15(12-8-7-9-13(15)2)14-10-5-4-6-11-14/h13H,3-10,12H2,1-2H3. The van der Waals surface area contributed by atoms with E-state index < -0.39 is 0 Å². The molecule has 2 unspecified atom stereocenters. The summed E-state index contributed by atoms with van der Waals surface area (Å²) in [6.07, 6.45) is 16.2. The van der Waals surface area contributed by atoms with E-state index in [0.29, 0.717) is 5.41 Å². The van der Waals surface area contributed by atoms with Crippen molar-refractivity contribution in [1.29, 1.82) is 0 Å². The molecule has 0 N–H and O–H groups in total. The molecule has 0 aromatic rings. The lowest BCUT2D eigenvalue weighted by Crippen LogP contribution is -2.34. The Morgan fingerprint density at radius 1 is 1.27 bits per heavy atom. The first-order valence-electron chi connectivity index (χ1n) is 6.90. The van der Waals surface area contributed by atoms with E-state index in [1.54, 1.807) is 5.57 Å². The van der Waals surface area contributed by atoms with E-state index in [2.05, 4.69) is 19.9 Å². The quantitative estimate of drug-likeness (QED) is 0.601.